The Kier molecular flexibility index (Phi) is 6.64. The van der Waals surface area contributed by atoms with E-state index in [-0.39, 0.29) is 29.1 Å². The Bertz CT molecular complexity index is 815. The fourth-order valence-corrected chi connectivity index (χ4v) is 3.64. The largest absolute Gasteiger partial charge is 0.469 e. The van der Waals surface area contributed by atoms with Crippen molar-refractivity contribution in [3.8, 4) is 0 Å². The van der Waals surface area contributed by atoms with Crippen LogP contribution in [0.1, 0.15) is 21.9 Å². The van der Waals surface area contributed by atoms with E-state index in [2.05, 4.69) is 22.1 Å². The van der Waals surface area contributed by atoms with Crippen molar-refractivity contribution in [1.29, 1.82) is 0 Å². The molecule has 1 atom stereocenters. The van der Waals surface area contributed by atoms with Crippen molar-refractivity contribution in [3.63, 3.8) is 0 Å². The molecule has 0 radical (unpaired) electrons. The number of carbonyl (C=O) groups excluding carboxylic acids is 1. The van der Waals surface area contributed by atoms with Gasteiger partial charge in [0.15, 0.2) is 0 Å². The van der Waals surface area contributed by atoms with E-state index >= 15 is 0 Å². The van der Waals surface area contributed by atoms with Crippen molar-refractivity contribution in [2.24, 2.45) is 0 Å². The van der Waals surface area contributed by atoms with Gasteiger partial charge in [-0.3, -0.25) is 4.79 Å². The molecule has 0 bridgehead atoms. The van der Waals surface area contributed by atoms with E-state index in [1.807, 2.05) is 31.2 Å². The minimum atomic E-state index is -3.57. The second-order valence-corrected chi connectivity index (χ2v) is 8.07. The van der Waals surface area contributed by atoms with Crippen molar-refractivity contribution >= 4 is 28.6 Å². The van der Waals surface area contributed by atoms with Crippen LogP contribution >= 0.6 is 12.6 Å². The topological polar surface area (TPSA) is 72.5 Å². The van der Waals surface area contributed by atoms with E-state index in [9.17, 15) is 13.2 Å². The van der Waals surface area contributed by atoms with E-state index in [0.717, 1.165) is 16.7 Å². The van der Waals surface area contributed by atoms with Gasteiger partial charge in [0.25, 0.3) is 0 Å². The number of hydrogen-bond acceptors (Lipinski definition) is 5. The van der Waals surface area contributed by atoms with Crippen LogP contribution in [0.3, 0.4) is 0 Å². The monoisotopic (exact) mass is 379 g/mol. The third kappa shape index (κ3) is 5.59. The quantitative estimate of drug-likeness (QED) is 0.573. The van der Waals surface area contributed by atoms with Gasteiger partial charge in [0, 0.05) is 11.8 Å². The molecule has 0 aliphatic carbocycles. The van der Waals surface area contributed by atoms with E-state index in [1.54, 1.807) is 24.3 Å². The highest BCUT2D eigenvalue weighted by molar-refractivity contribution is 7.89. The van der Waals surface area contributed by atoms with Gasteiger partial charge < -0.3 is 4.74 Å². The van der Waals surface area contributed by atoms with Crippen molar-refractivity contribution in [1.82, 2.24) is 4.72 Å². The van der Waals surface area contributed by atoms with Crippen molar-refractivity contribution < 1.29 is 17.9 Å². The van der Waals surface area contributed by atoms with Crippen LogP contribution < -0.4 is 4.72 Å². The fourth-order valence-electron chi connectivity index (χ4n) is 2.20. The Morgan fingerprint density at radius 1 is 1.12 bits per heavy atom. The molecule has 1 unspecified atom stereocenters. The molecule has 1 N–H and O–H groups in total. The maximum absolute atomic E-state index is 12.3. The van der Waals surface area contributed by atoms with Gasteiger partial charge in [0.05, 0.1) is 18.4 Å². The first kappa shape index (κ1) is 19.5. The molecule has 2 rings (SSSR count). The average Bonchev–Trinajstić information content (AvgIpc) is 2.60. The molecule has 0 heterocycles. The Morgan fingerprint density at radius 2 is 1.72 bits per heavy atom. The van der Waals surface area contributed by atoms with Gasteiger partial charge in [-0.1, -0.05) is 42.0 Å². The number of benzene rings is 2. The average molecular weight is 380 g/mol. The maximum Gasteiger partial charge on any atom is 0.309 e. The standard InChI is InChI=1S/C18H21NO4S2/c1-13-3-9-16(10-4-13)25(21,22)19-12-17(24)15-7-5-14(6-8-15)11-18(20)23-2/h3-10,17,19,24H,11-12H2,1-2H3. The molecule has 25 heavy (non-hydrogen) atoms. The number of nitrogens with one attached hydrogen (secondary N) is 1. The van der Waals surface area contributed by atoms with Gasteiger partial charge in [0.2, 0.25) is 10.0 Å². The highest BCUT2D eigenvalue weighted by Gasteiger charge is 2.16. The lowest BCUT2D eigenvalue weighted by atomic mass is 10.1. The Labute approximate surface area is 153 Å². The normalized spacial score (nSPS) is 12.6. The second kappa shape index (κ2) is 8.51. The number of rotatable bonds is 7. The summed E-state index contributed by atoms with van der Waals surface area (Å²) in [6.45, 7) is 2.06. The Balaban J connectivity index is 1.98. The highest BCUT2D eigenvalue weighted by Crippen LogP contribution is 2.21. The summed E-state index contributed by atoms with van der Waals surface area (Å²) in [5.41, 5.74) is 2.69. The van der Waals surface area contributed by atoms with Crippen LogP contribution in [0.25, 0.3) is 0 Å². The molecule has 0 saturated heterocycles. The van der Waals surface area contributed by atoms with Crippen LogP contribution in [-0.4, -0.2) is 28.0 Å². The molecule has 0 amide bonds. The van der Waals surface area contributed by atoms with Crippen LogP contribution in [0.4, 0.5) is 0 Å². The van der Waals surface area contributed by atoms with Gasteiger partial charge in [-0.2, -0.15) is 12.6 Å². The minimum absolute atomic E-state index is 0.162. The van der Waals surface area contributed by atoms with Gasteiger partial charge in [-0.15, -0.1) is 0 Å². The first-order valence-electron chi connectivity index (χ1n) is 7.72. The summed E-state index contributed by atoms with van der Waals surface area (Å²) >= 11 is 4.46. The molecule has 2 aromatic rings. The number of sulfonamides is 1. The maximum atomic E-state index is 12.3. The summed E-state index contributed by atoms with van der Waals surface area (Å²) in [6.07, 6.45) is 0.202. The number of methoxy groups -OCH3 is 1. The van der Waals surface area contributed by atoms with Gasteiger partial charge in [-0.05, 0) is 30.2 Å². The van der Waals surface area contributed by atoms with Crippen LogP contribution in [-0.2, 0) is 26.0 Å². The molecule has 7 heteroatoms. The van der Waals surface area contributed by atoms with E-state index < -0.39 is 10.0 Å². The lowest BCUT2D eigenvalue weighted by molar-refractivity contribution is -0.139. The van der Waals surface area contributed by atoms with Crippen molar-refractivity contribution in [3.05, 3.63) is 65.2 Å². The predicted molar refractivity (Wildman–Crippen MR) is 100 cm³/mol. The number of carbonyl (C=O) groups is 1. The van der Waals surface area contributed by atoms with Crippen LogP contribution in [0.2, 0.25) is 0 Å². The molecule has 0 aliphatic rings. The molecule has 0 fully saturated rings. The Hall–Kier alpha value is -1.83. The molecule has 0 spiro atoms. The zero-order valence-corrected chi connectivity index (χ0v) is 15.8. The van der Waals surface area contributed by atoms with Gasteiger partial charge in [0.1, 0.15) is 0 Å². The first-order valence-corrected chi connectivity index (χ1v) is 9.72. The van der Waals surface area contributed by atoms with Crippen molar-refractivity contribution in [2.75, 3.05) is 13.7 Å². The van der Waals surface area contributed by atoms with Crippen molar-refractivity contribution in [2.45, 2.75) is 23.5 Å². The number of ether oxygens (including phenoxy) is 1. The van der Waals surface area contributed by atoms with E-state index in [0.29, 0.717) is 0 Å². The lowest BCUT2D eigenvalue weighted by Crippen LogP contribution is -2.27. The molecule has 5 nitrogen and oxygen atoms in total. The third-order valence-electron chi connectivity index (χ3n) is 3.74. The number of esters is 1. The van der Waals surface area contributed by atoms with Gasteiger partial charge in [-0.25, -0.2) is 13.1 Å². The van der Waals surface area contributed by atoms with E-state index in [1.165, 1.54) is 7.11 Å². The molecule has 0 aliphatic heterocycles. The summed E-state index contributed by atoms with van der Waals surface area (Å²) in [4.78, 5) is 11.5. The summed E-state index contributed by atoms with van der Waals surface area (Å²) in [7, 11) is -2.22. The van der Waals surface area contributed by atoms with Crippen LogP contribution in [0.5, 0.6) is 0 Å². The Morgan fingerprint density at radius 3 is 2.28 bits per heavy atom. The first-order chi connectivity index (χ1) is 11.8. The number of hydrogen-bond donors (Lipinski definition) is 2. The molecule has 0 aromatic heterocycles. The summed E-state index contributed by atoms with van der Waals surface area (Å²) in [5.74, 6) is -0.305. The molecule has 134 valence electrons. The minimum Gasteiger partial charge on any atom is -0.469 e. The van der Waals surface area contributed by atoms with E-state index in [4.69, 9.17) is 0 Å². The predicted octanol–water partition coefficient (Wildman–Crippen LogP) is 2.66. The van der Waals surface area contributed by atoms with Gasteiger partial charge >= 0.3 is 5.97 Å². The third-order valence-corrected chi connectivity index (χ3v) is 5.66. The lowest BCUT2D eigenvalue weighted by Gasteiger charge is -2.13. The molecule has 2 aromatic carbocycles. The van der Waals surface area contributed by atoms with Crippen LogP contribution in [0, 0.1) is 6.92 Å². The second-order valence-electron chi connectivity index (χ2n) is 5.68. The fraction of sp³-hybridized carbons (Fsp3) is 0.278. The number of thiol groups is 1. The summed E-state index contributed by atoms with van der Waals surface area (Å²) in [5, 5.41) is -0.299. The zero-order valence-electron chi connectivity index (χ0n) is 14.1. The molecule has 0 saturated carbocycles. The molecular formula is C18H21NO4S2. The summed E-state index contributed by atoms with van der Waals surface area (Å²) < 4.78 is 31.8. The summed E-state index contributed by atoms with van der Waals surface area (Å²) in [6, 6.07) is 13.9. The zero-order chi connectivity index (χ0) is 18.4. The van der Waals surface area contributed by atoms with Crippen LogP contribution in [0.15, 0.2) is 53.4 Å². The highest BCUT2D eigenvalue weighted by atomic mass is 32.2. The molecular weight excluding hydrogens is 358 g/mol. The SMILES string of the molecule is COC(=O)Cc1ccc(C(S)CNS(=O)(=O)c2ccc(C)cc2)cc1. The smallest absolute Gasteiger partial charge is 0.309 e. The number of aryl methyl sites for hydroxylation is 1.